The van der Waals surface area contributed by atoms with Gasteiger partial charge in [0.2, 0.25) is 16.9 Å². The summed E-state index contributed by atoms with van der Waals surface area (Å²) in [5.41, 5.74) is 4.93. The molecule has 0 aromatic carbocycles. The highest BCUT2D eigenvalue weighted by atomic mass is 32.2. The van der Waals surface area contributed by atoms with Crippen LogP contribution in [-0.2, 0) is 50.7 Å². The SMILES string of the molecule is C/C=C(\CC)C(=O)SCCNC(=O)CCNC(=O)[C@H](O)C(C)(C)COP(=O)(O)OP(=O)(O)OC[C@H]1O[C@@H](n2cnc3c(N)ncnc32)C(O)C1OP(=O)(O)O. The van der Waals surface area contributed by atoms with Gasteiger partial charge in [-0.05, 0) is 13.3 Å². The lowest BCUT2D eigenvalue weighted by molar-refractivity contribution is -0.137. The zero-order valence-corrected chi connectivity index (χ0v) is 33.4. The Hall–Kier alpha value is -2.70. The van der Waals surface area contributed by atoms with Crippen LogP contribution in [0.1, 0.15) is 46.8 Å². The number of carbonyl (C=O) groups is 3. The molecule has 0 bridgehead atoms. The third-order valence-electron chi connectivity index (χ3n) is 7.73. The number of fused-ring (bicyclic) bond motifs is 1. The topological polar surface area (TPSA) is 364 Å². The Morgan fingerprint density at radius 2 is 1.76 bits per heavy atom. The molecule has 3 heterocycles. The van der Waals surface area contributed by atoms with Gasteiger partial charge in [0.15, 0.2) is 17.7 Å². The van der Waals surface area contributed by atoms with E-state index >= 15 is 0 Å². The van der Waals surface area contributed by atoms with Gasteiger partial charge in [-0.25, -0.2) is 28.6 Å². The molecular weight excluding hydrogens is 819 g/mol. The summed E-state index contributed by atoms with van der Waals surface area (Å²) in [5.74, 6) is -1.12. The van der Waals surface area contributed by atoms with Crippen molar-refractivity contribution in [2.24, 2.45) is 5.41 Å². The summed E-state index contributed by atoms with van der Waals surface area (Å²) in [4.78, 5) is 87.5. The lowest BCUT2D eigenvalue weighted by Crippen LogP contribution is -2.46. The van der Waals surface area contributed by atoms with Gasteiger partial charge in [-0.1, -0.05) is 38.6 Å². The fourth-order valence-corrected chi connectivity index (χ4v) is 8.50. The van der Waals surface area contributed by atoms with Crippen LogP contribution in [-0.4, -0.2) is 123 Å². The van der Waals surface area contributed by atoms with Crippen LogP contribution < -0.4 is 16.4 Å². The number of nitrogens with zero attached hydrogens (tertiary/aromatic N) is 4. The van der Waals surface area contributed by atoms with Crippen LogP contribution in [0, 0.1) is 5.41 Å². The van der Waals surface area contributed by atoms with Gasteiger partial charge in [0.25, 0.3) is 0 Å². The van der Waals surface area contributed by atoms with E-state index in [-0.39, 0.29) is 41.6 Å². The number of aliphatic hydroxyl groups is 2. The molecule has 0 saturated carbocycles. The normalized spacial score (nSPS) is 22.2. The number of nitrogens with one attached hydrogen (secondary N) is 2. The quantitative estimate of drug-likeness (QED) is 0.0454. The van der Waals surface area contributed by atoms with Crippen molar-refractivity contribution < 1.29 is 80.5 Å². The number of imidazole rings is 1. The predicted octanol–water partition coefficient (Wildman–Crippen LogP) is 0.0210. The van der Waals surface area contributed by atoms with Gasteiger partial charge >= 0.3 is 23.5 Å². The number of aromatic nitrogens is 4. The van der Waals surface area contributed by atoms with Crippen molar-refractivity contribution in [2.75, 3.05) is 37.8 Å². The van der Waals surface area contributed by atoms with Crippen LogP contribution in [0.4, 0.5) is 5.82 Å². The maximum Gasteiger partial charge on any atom is 0.481 e. The van der Waals surface area contributed by atoms with Crippen molar-refractivity contribution in [3.05, 3.63) is 24.3 Å². The third-order valence-corrected chi connectivity index (χ3v) is 11.8. The van der Waals surface area contributed by atoms with Gasteiger partial charge in [0, 0.05) is 36.3 Å². The Balaban J connectivity index is 1.50. The number of amides is 2. The molecule has 28 heteroatoms. The number of anilines is 1. The van der Waals surface area contributed by atoms with Crippen LogP contribution >= 0.6 is 35.2 Å². The number of nitrogen functional groups attached to an aromatic ring is 1. The molecule has 2 amide bonds. The molecule has 1 saturated heterocycles. The minimum atomic E-state index is -5.57. The fraction of sp³-hybridized carbons (Fsp3) is 0.630. The summed E-state index contributed by atoms with van der Waals surface area (Å²) in [7, 11) is -16.4. The van der Waals surface area contributed by atoms with E-state index in [0.717, 1.165) is 29.0 Å². The average molecular weight is 864 g/mol. The molecule has 7 atom stereocenters. The number of nitrogens with two attached hydrogens (primary N) is 1. The van der Waals surface area contributed by atoms with Crippen LogP contribution in [0.15, 0.2) is 24.3 Å². The van der Waals surface area contributed by atoms with Crippen molar-refractivity contribution in [3.63, 3.8) is 0 Å². The smallest absolute Gasteiger partial charge is 0.386 e. The van der Waals surface area contributed by atoms with E-state index in [0.29, 0.717) is 17.7 Å². The Bertz CT molecular complexity index is 1860. The van der Waals surface area contributed by atoms with Crippen LogP contribution in [0.3, 0.4) is 0 Å². The summed E-state index contributed by atoms with van der Waals surface area (Å²) in [5, 5.41) is 26.3. The number of aliphatic hydroxyl groups excluding tert-OH is 2. The molecule has 1 aliphatic heterocycles. The molecule has 1 fully saturated rings. The first-order chi connectivity index (χ1) is 25.5. The molecular formula is C27H44N7O17P3S. The second-order valence-corrected chi connectivity index (χ2v) is 17.7. The minimum Gasteiger partial charge on any atom is -0.386 e. The molecule has 2 aromatic heterocycles. The number of rotatable bonds is 21. The van der Waals surface area contributed by atoms with E-state index in [2.05, 4.69) is 34.4 Å². The third kappa shape index (κ3) is 13.7. The summed E-state index contributed by atoms with van der Waals surface area (Å²) in [6.45, 7) is 4.11. The van der Waals surface area contributed by atoms with E-state index in [9.17, 15) is 57.9 Å². The molecule has 4 unspecified atom stereocenters. The Morgan fingerprint density at radius 1 is 1.09 bits per heavy atom. The molecule has 0 aliphatic carbocycles. The van der Waals surface area contributed by atoms with Crippen LogP contribution in [0.5, 0.6) is 0 Å². The second kappa shape index (κ2) is 19.6. The number of hydrogen-bond donors (Lipinski definition) is 9. The summed E-state index contributed by atoms with van der Waals surface area (Å²) < 4.78 is 62.0. The van der Waals surface area contributed by atoms with Gasteiger partial charge in [-0.2, -0.15) is 4.31 Å². The highest BCUT2D eigenvalue weighted by molar-refractivity contribution is 8.14. The number of hydrogen-bond acceptors (Lipinski definition) is 18. The molecule has 3 rings (SSSR count). The fourth-order valence-electron chi connectivity index (χ4n) is 4.83. The van der Waals surface area contributed by atoms with Crippen molar-refractivity contribution >= 4 is 69.1 Å². The largest absolute Gasteiger partial charge is 0.481 e. The Kier molecular flexibility index (Phi) is 16.7. The summed E-state index contributed by atoms with van der Waals surface area (Å²) in [6, 6.07) is 0. The maximum atomic E-state index is 12.7. The first-order valence-corrected chi connectivity index (χ1v) is 21.7. The van der Waals surface area contributed by atoms with Gasteiger partial charge in [-0.15, -0.1) is 0 Å². The van der Waals surface area contributed by atoms with Crippen LogP contribution in [0.2, 0.25) is 0 Å². The van der Waals surface area contributed by atoms with Crippen molar-refractivity contribution in [1.82, 2.24) is 30.2 Å². The number of phosphoric acid groups is 3. The number of phosphoric ester groups is 3. The van der Waals surface area contributed by atoms with Crippen molar-refractivity contribution in [3.8, 4) is 0 Å². The van der Waals surface area contributed by atoms with Gasteiger partial charge in [0.1, 0.15) is 36.3 Å². The summed E-state index contributed by atoms with van der Waals surface area (Å²) >= 11 is 1.06. The monoisotopic (exact) mass is 863 g/mol. The molecule has 2 aromatic rings. The van der Waals surface area contributed by atoms with Gasteiger partial charge < -0.3 is 50.9 Å². The minimum absolute atomic E-state index is 0.0304. The molecule has 24 nitrogen and oxygen atoms in total. The van der Waals surface area contributed by atoms with E-state index in [1.807, 2.05) is 6.92 Å². The molecule has 310 valence electrons. The first kappa shape index (κ1) is 46.7. The zero-order chi connectivity index (χ0) is 41.4. The van der Waals surface area contributed by atoms with Crippen molar-refractivity contribution in [2.45, 2.75) is 71.2 Å². The average Bonchev–Trinajstić information content (AvgIpc) is 3.65. The maximum absolute atomic E-state index is 12.7. The molecule has 1 aliphatic rings. The van der Waals surface area contributed by atoms with Gasteiger partial charge in [-0.3, -0.25) is 32.5 Å². The zero-order valence-electron chi connectivity index (χ0n) is 29.9. The van der Waals surface area contributed by atoms with Gasteiger partial charge in [0.05, 0.1) is 19.5 Å². The molecule has 0 spiro atoms. The highest BCUT2D eigenvalue weighted by Gasteiger charge is 2.50. The first-order valence-electron chi connectivity index (χ1n) is 16.2. The van der Waals surface area contributed by atoms with E-state index in [1.165, 1.54) is 13.8 Å². The molecule has 55 heavy (non-hydrogen) atoms. The van der Waals surface area contributed by atoms with Crippen LogP contribution in [0.25, 0.3) is 11.2 Å². The standard InChI is InChI=1S/C27H44N7O17P3S/c1-5-15(6-2)26(39)55-10-9-29-17(35)7-8-30-24(38)21(37)27(3,4)12-48-54(45,46)51-53(43,44)47-11-16-20(50-52(40,41)42)19(36)25(49-16)34-14-33-18-22(28)31-13-32-23(18)34/h5,13-14,16,19-21,25,36-37H,6-12H2,1-4H3,(H,29,35)(H,30,38)(H,43,44)(H,45,46)(H2,28,31,32)(H2,40,41,42)/b15-5+/t16-,19?,20?,21+,25-/m1/s1. The van der Waals surface area contributed by atoms with E-state index in [1.54, 1.807) is 13.0 Å². The lowest BCUT2D eigenvalue weighted by Gasteiger charge is -2.30. The second-order valence-electron chi connectivity index (χ2n) is 12.4. The van der Waals surface area contributed by atoms with Crippen molar-refractivity contribution in [1.29, 1.82) is 0 Å². The Morgan fingerprint density at radius 3 is 2.40 bits per heavy atom. The number of thioether (sulfide) groups is 1. The Labute approximate surface area is 318 Å². The van der Waals surface area contributed by atoms with E-state index < -0.39 is 84.6 Å². The number of ether oxygens (including phenoxy) is 1. The number of carbonyl (C=O) groups excluding carboxylic acids is 3. The number of allylic oxidation sites excluding steroid dienone is 1. The van der Waals surface area contributed by atoms with E-state index in [4.69, 9.17) is 19.5 Å². The lowest BCUT2D eigenvalue weighted by atomic mass is 9.87. The molecule has 0 radical (unpaired) electrons. The predicted molar refractivity (Wildman–Crippen MR) is 191 cm³/mol. The summed E-state index contributed by atoms with van der Waals surface area (Å²) in [6.07, 6.45) is -4.60. The highest BCUT2D eigenvalue weighted by Crippen LogP contribution is 2.61. The molecule has 10 N–H and O–H groups in total.